The smallest absolute Gasteiger partial charge is 0.238 e. The lowest BCUT2D eigenvalue weighted by atomic mass is 9.91. The number of Topliss-reactive ketones (excluding diaryl/α,β-unsaturated/α-hetero) is 1. The molecule has 1 amide bonds. The number of halogens is 2. The number of rotatable bonds is 4. The summed E-state index contributed by atoms with van der Waals surface area (Å²) in [5.41, 5.74) is 0.175. The third-order valence-corrected chi connectivity index (χ3v) is 4.38. The van der Waals surface area contributed by atoms with E-state index in [4.69, 9.17) is 5.41 Å². The number of amides is 1. The summed E-state index contributed by atoms with van der Waals surface area (Å²) in [5, 5.41) is 19.9. The van der Waals surface area contributed by atoms with Crippen LogP contribution in [0.5, 0.6) is 0 Å². The number of aromatic nitrogens is 1. The Morgan fingerprint density at radius 3 is 2.79 bits per heavy atom. The molecular weight excluding hydrogens is 385 g/mol. The lowest BCUT2D eigenvalue weighted by molar-refractivity contribution is -0.116. The van der Waals surface area contributed by atoms with Crippen molar-refractivity contribution in [3.05, 3.63) is 52.6 Å². The van der Waals surface area contributed by atoms with Gasteiger partial charge in [-0.3, -0.25) is 9.59 Å². The van der Waals surface area contributed by atoms with Gasteiger partial charge in [-0.25, -0.2) is 4.39 Å². The van der Waals surface area contributed by atoms with Gasteiger partial charge in [-0.15, -0.1) is 12.4 Å². The van der Waals surface area contributed by atoms with Gasteiger partial charge in [0.15, 0.2) is 5.78 Å². The highest BCUT2D eigenvalue weighted by molar-refractivity contribution is 6.06. The van der Waals surface area contributed by atoms with Gasteiger partial charge in [-0.1, -0.05) is 11.8 Å². The zero-order valence-corrected chi connectivity index (χ0v) is 16.0. The summed E-state index contributed by atoms with van der Waals surface area (Å²) in [6, 6.07) is 4.22. The molecule has 4 N–H and O–H groups in total. The monoisotopic (exact) mass is 403 g/mol. The number of benzene rings is 1. The largest absolute Gasteiger partial charge is 0.378 e. The van der Waals surface area contributed by atoms with E-state index in [2.05, 4.69) is 22.1 Å². The van der Waals surface area contributed by atoms with Crippen molar-refractivity contribution in [3.63, 3.8) is 0 Å². The fraction of sp³-hybridized carbons (Fsp3) is 0.250. The second-order valence-corrected chi connectivity index (χ2v) is 6.64. The third-order valence-electron chi connectivity index (χ3n) is 4.38. The minimum Gasteiger partial charge on any atom is -0.378 e. The topological polar surface area (TPSA) is 106 Å². The number of ketones is 1. The molecule has 6 nitrogen and oxygen atoms in total. The van der Waals surface area contributed by atoms with E-state index in [1.54, 1.807) is 6.07 Å². The highest BCUT2D eigenvalue weighted by atomic mass is 35.5. The SMILES string of the molecule is CC(=O)c1c[nH]c(C2C(=O)Nc3ccc(F)c(C#CC(C)(O)CC=N)c32)c1.Cl. The summed E-state index contributed by atoms with van der Waals surface area (Å²) in [6.45, 7) is 2.84. The van der Waals surface area contributed by atoms with E-state index < -0.39 is 17.3 Å². The second kappa shape index (κ2) is 7.97. The summed E-state index contributed by atoms with van der Waals surface area (Å²) in [5.74, 6) is 3.23. The zero-order valence-electron chi connectivity index (χ0n) is 15.2. The van der Waals surface area contributed by atoms with Crippen molar-refractivity contribution in [1.82, 2.24) is 4.98 Å². The molecular formula is C20H19ClFN3O3. The minimum absolute atomic E-state index is 0. The van der Waals surface area contributed by atoms with Crippen molar-refractivity contribution >= 4 is 36.0 Å². The molecule has 2 atom stereocenters. The number of aromatic amines is 1. The molecule has 146 valence electrons. The lowest BCUT2D eigenvalue weighted by Gasteiger charge is -2.13. The predicted octanol–water partition coefficient (Wildman–Crippen LogP) is 3.00. The number of aliphatic hydroxyl groups is 1. The fourth-order valence-corrected chi connectivity index (χ4v) is 2.99. The van der Waals surface area contributed by atoms with Gasteiger partial charge in [0.05, 0.1) is 5.56 Å². The predicted molar refractivity (Wildman–Crippen MR) is 106 cm³/mol. The van der Waals surface area contributed by atoms with Gasteiger partial charge in [0.2, 0.25) is 5.91 Å². The van der Waals surface area contributed by atoms with Crippen LogP contribution in [0, 0.1) is 23.1 Å². The molecule has 3 rings (SSSR count). The van der Waals surface area contributed by atoms with Crippen LogP contribution in [0.3, 0.4) is 0 Å². The van der Waals surface area contributed by atoms with E-state index in [1.165, 1.54) is 32.2 Å². The van der Waals surface area contributed by atoms with Gasteiger partial charge < -0.3 is 20.8 Å². The van der Waals surface area contributed by atoms with Crippen molar-refractivity contribution < 1.29 is 19.1 Å². The van der Waals surface area contributed by atoms with Crippen molar-refractivity contribution in [2.75, 3.05) is 5.32 Å². The molecule has 1 aliphatic heterocycles. The molecule has 2 heterocycles. The van der Waals surface area contributed by atoms with E-state index in [-0.39, 0.29) is 36.1 Å². The molecule has 1 aliphatic rings. The molecule has 0 radical (unpaired) electrons. The third kappa shape index (κ3) is 3.98. The highest BCUT2D eigenvalue weighted by Gasteiger charge is 2.36. The number of nitrogens with one attached hydrogen (secondary N) is 3. The first-order valence-corrected chi connectivity index (χ1v) is 8.30. The molecule has 1 aromatic carbocycles. The summed E-state index contributed by atoms with van der Waals surface area (Å²) in [4.78, 5) is 27.0. The van der Waals surface area contributed by atoms with Crippen LogP contribution >= 0.6 is 12.4 Å². The van der Waals surface area contributed by atoms with Crippen molar-refractivity contribution in [1.29, 1.82) is 5.41 Å². The van der Waals surface area contributed by atoms with Gasteiger partial charge in [0, 0.05) is 35.1 Å². The minimum atomic E-state index is -1.49. The normalized spacial score (nSPS) is 16.7. The van der Waals surface area contributed by atoms with Crippen LogP contribution in [0.25, 0.3) is 0 Å². The molecule has 0 fully saturated rings. The van der Waals surface area contributed by atoms with Gasteiger partial charge in [0.25, 0.3) is 0 Å². The second-order valence-electron chi connectivity index (χ2n) is 6.64. The van der Waals surface area contributed by atoms with E-state index in [9.17, 15) is 19.1 Å². The molecule has 2 aromatic rings. The average molecular weight is 404 g/mol. The Balaban J connectivity index is 0.00000280. The first kappa shape index (κ1) is 21.4. The molecule has 28 heavy (non-hydrogen) atoms. The van der Waals surface area contributed by atoms with E-state index in [0.29, 0.717) is 22.5 Å². The first-order valence-electron chi connectivity index (χ1n) is 8.30. The zero-order chi connectivity index (χ0) is 19.8. The highest BCUT2D eigenvalue weighted by Crippen LogP contribution is 2.40. The molecule has 0 saturated heterocycles. The molecule has 8 heteroatoms. The Morgan fingerprint density at radius 2 is 2.18 bits per heavy atom. The van der Waals surface area contributed by atoms with Crippen LogP contribution in [-0.2, 0) is 4.79 Å². The number of anilines is 1. The van der Waals surface area contributed by atoms with E-state index in [1.807, 2.05) is 0 Å². The lowest BCUT2D eigenvalue weighted by Crippen LogP contribution is -2.21. The maximum Gasteiger partial charge on any atom is 0.238 e. The van der Waals surface area contributed by atoms with Crippen LogP contribution in [0.15, 0.2) is 24.4 Å². The summed E-state index contributed by atoms with van der Waals surface area (Å²) >= 11 is 0. The number of fused-ring (bicyclic) bond motifs is 1. The summed E-state index contributed by atoms with van der Waals surface area (Å²) in [6.07, 6.45) is 2.52. The van der Waals surface area contributed by atoms with Crippen LogP contribution in [0.4, 0.5) is 10.1 Å². The number of carbonyl (C=O) groups excluding carboxylic acids is 2. The Morgan fingerprint density at radius 1 is 1.46 bits per heavy atom. The van der Waals surface area contributed by atoms with Gasteiger partial charge in [0.1, 0.15) is 17.3 Å². The Labute approximate surface area is 167 Å². The average Bonchev–Trinajstić information content (AvgIpc) is 3.18. The van der Waals surface area contributed by atoms with Gasteiger partial charge >= 0.3 is 0 Å². The fourth-order valence-electron chi connectivity index (χ4n) is 2.99. The summed E-state index contributed by atoms with van der Waals surface area (Å²) in [7, 11) is 0. The van der Waals surface area contributed by atoms with E-state index >= 15 is 0 Å². The first-order chi connectivity index (χ1) is 12.7. The summed E-state index contributed by atoms with van der Waals surface area (Å²) < 4.78 is 14.5. The van der Waals surface area contributed by atoms with Gasteiger partial charge in [-0.05, 0) is 38.3 Å². The molecule has 0 aliphatic carbocycles. The maximum atomic E-state index is 14.5. The molecule has 0 saturated carbocycles. The van der Waals surface area contributed by atoms with Crippen molar-refractivity contribution in [2.45, 2.75) is 31.8 Å². The number of carbonyl (C=O) groups is 2. The molecule has 2 unspecified atom stereocenters. The Bertz CT molecular complexity index is 1020. The number of H-pyrrole nitrogens is 1. The number of hydrogen-bond donors (Lipinski definition) is 4. The molecule has 0 bridgehead atoms. The van der Waals surface area contributed by atoms with Crippen LogP contribution in [0.2, 0.25) is 0 Å². The maximum absolute atomic E-state index is 14.5. The van der Waals surface area contributed by atoms with Crippen molar-refractivity contribution in [2.24, 2.45) is 0 Å². The van der Waals surface area contributed by atoms with Gasteiger partial charge in [-0.2, -0.15) is 0 Å². The molecule has 1 aromatic heterocycles. The Kier molecular flexibility index (Phi) is 6.07. The Hall–Kier alpha value is -2.95. The standard InChI is InChI=1S/C20H18FN3O3.ClH/c1-11(25)12-9-16(23-10-12)18-17-13(5-6-20(2,27)7-8-22)14(21)3-4-15(17)24-19(18)26;/h3-4,8-10,18,22-23,27H,7H2,1-2H3,(H,24,26);1H. The van der Waals surface area contributed by atoms with E-state index in [0.717, 1.165) is 6.21 Å². The number of hydrogen-bond acceptors (Lipinski definition) is 4. The van der Waals surface area contributed by atoms with Crippen molar-refractivity contribution in [3.8, 4) is 11.8 Å². The quantitative estimate of drug-likeness (QED) is 0.358. The van der Waals surface area contributed by atoms with Crippen LogP contribution < -0.4 is 5.32 Å². The van der Waals surface area contributed by atoms with Crippen LogP contribution in [-0.4, -0.2) is 33.6 Å². The molecule has 0 spiro atoms. The van der Waals surface area contributed by atoms with Crippen LogP contribution in [0.1, 0.15) is 53.4 Å².